The van der Waals surface area contributed by atoms with Crippen LogP contribution in [0.2, 0.25) is 0 Å². The molecule has 0 unspecified atom stereocenters. The van der Waals surface area contributed by atoms with Gasteiger partial charge in [0, 0.05) is 10.0 Å². The summed E-state index contributed by atoms with van der Waals surface area (Å²) in [6.07, 6.45) is 3.50. The van der Waals surface area contributed by atoms with Gasteiger partial charge >= 0.3 is 0 Å². The first-order chi connectivity index (χ1) is 10.7. The van der Waals surface area contributed by atoms with E-state index in [0.717, 1.165) is 10.0 Å². The zero-order chi connectivity index (χ0) is 17.2. The summed E-state index contributed by atoms with van der Waals surface area (Å²) in [4.78, 5) is 12.9. The number of hydrogen-bond acceptors (Lipinski definition) is 3. The average molecular weight is 413 g/mol. The lowest BCUT2D eigenvalue weighted by atomic mass is 10.1. The fourth-order valence-electron chi connectivity index (χ4n) is 2.07. The van der Waals surface area contributed by atoms with E-state index in [1.54, 1.807) is 61.0 Å². The van der Waals surface area contributed by atoms with Gasteiger partial charge in [0.15, 0.2) is 0 Å². The molecule has 0 fully saturated rings. The van der Waals surface area contributed by atoms with Crippen LogP contribution >= 0.6 is 26.4 Å². The molecule has 0 bridgehead atoms. The van der Waals surface area contributed by atoms with Crippen molar-refractivity contribution in [3.63, 3.8) is 0 Å². The number of carbonyl (C=O) groups is 1. The van der Waals surface area contributed by atoms with Gasteiger partial charge in [0.25, 0.3) is 0 Å². The number of halogens is 1. The minimum absolute atomic E-state index is 0.0522. The molecule has 0 radical (unpaired) electrons. The Hall–Kier alpha value is -1.24. The Morgan fingerprint density at radius 3 is 1.96 bits per heavy atom. The standard InChI is InChI=1S/C17H17BrO3S2/c1-12-4-10-15(11-5-12)23(20,21)17(22(2)3)16(19)13-6-8-14(18)9-7-13/h4-11H,1-3H3. The largest absolute Gasteiger partial charge is 0.287 e. The lowest BCUT2D eigenvalue weighted by Gasteiger charge is -2.11. The topological polar surface area (TPSA) is 51.2 Å². The number of sulfone groups is 1. The highest BCUT2D eigenvalue weighted by Gasteiger charge is 2.29. The number of hydrogen-bond donors (Lipinski definition) is 0. The zero-order valence-electron chi connectivity index (χ0n) is 13.0. The molecule has 3 nitrogen and oxygen atoms in total. The van der Waals surface area contributed by atoms with Crippen molar-refractivity contribution in [3.05, 3.63) is 64.1 Å². The van der Waals surface area contributed by atoms with Gasteiger partial charge in [0.1, 0.15) is 4.20 Å². The van der Waals surface area contributed by atoms with Gasteiger partial charge in [-0.15, -0.1) is 0 Å². The smallest absolute Gasteiger partial charge is 0.215 e. The molecular formula is C17H17BrO3S2. The molecule has 23 heavy (non-hydrogen) atoms. The molecule has 0 saturated heterocycles. The van der Waals surface area contributed by atoms with Crippen molar-refractivity contribution in [2.24, 2.45) is 0 Å². The monoisotopic (exact) mass is 412 g/mol. The molecule has 0 aliphatic heterocycles. The van der Waals surface area contributed by atoms with Gasteiger partial charge in [0.05, 0.1) is 4.90 Å². The third-order valence-electron chi connectivity index (χ3n) is 3.24. The number of benzene rings is 2. The molecule has 2 rings (SSSR count). The van der Waals surface area contributed by atoms with E-state index in [0.29, 0.717) is 5.56 Å². The third-order valence-corrected chi connectivity index (χ3v) is 7.92. The van der Waals surface area contributed by atoms with E-state index in [4.69, 9.17) is 0 Å². The Labute approximate surface area is 147 Å². The minimum Gasteiger partial charge on any atom is -0.287 e. The summed E-state index contributed by atoms with van der Waals surface area (Å²) in [5, 5.41) is 0. The highest BCUT2D eigenvalue weighted by molar-refractivity contribution is 9.10. The van der Waals surface area contributed by atoms with Crippen LogP contribution in [-0.4, -0.2) is 30.9 Å². The van der Waals surface area contributed by atoms with Gasteiger partial charge in [0.2, 0.25) is 15.6 Å². The van der Waals surface area contributed by atoms with Gasteiger partial charge < -0.3 is 0 Å². The Morgan fingerprint density at radius 1 is 0.957 bits per heavy atom. The van der Waals surface area contributed by atoms with Crippen molar-refractivity contribution < 1.29 is 13.2 Å². The van der Waals surface area contributed by atoms with Crippen LogP contribution in [0.1, 0.15) is 15.9 Å². The van der Waals surface area contributed by atoms with Crippen molar-refractivity contribution in [2.45, 2.75) is 11.8 Å². The van der Waals surface area contributed by atoms with Crippen LogP contribution in [0.15, 0.2) is 57.9 Å². The summed E-state index contributed by atoms with van der Waals surface area (Å²) in [7, 11) is -4.50. The highest BCUT2D eigenvalue weighted by Crippen LogP contribution is 2.22. The summed E-state index contributed by atoms with van der Waals surface area (Å²) < 4.78 is 26.6. The Balaban J connectivity index is 2.55. The van der Waals surface area contributed by atoms with E-state index in [1.807, 2.05) is 6.92 Å². The molecule has 122 valence electrons. The predicted molar refractivity (Wildman–Crippen MR) is 101 cm³/mol. The van der Waals surface area contributed by atoms with Gasteiger partial charge in [-0.25, -0.2) is 8.42 Å². The molecule has 0 N–H and O–H groups in total. The Kier molecular flexibility index (Phi) is 5.60. The number of ketones is 1. The Morgan fingerprint density at radius 2 is 1.48 bits per heavy atom. The fraction of sp³-hybridized carbons (Fsp3) is 0.176. The molecule has 0 saturated carbocycles. The highest BCUT2D eigenvalue weighted by atomic mass is 79.9. The van der Waals surface area contributed by atoms with Gasteiger partial charge in [-0.3, -0.25) is 4.79 Å². The fourth-order valence-corrected chi connectivity index (χ4v) is 5.94. The summed E-state index contributed by atoms with van der Waals surface area (Å²) >= 11 is 3.31. The SMILES string of the molecule is Cc1ccc(S(=O)(=O)C(C(=O)c2ccc(Br)cc2)=S(C)C)cc1. The maximum Gasteiger partial charge on any atom is 0.215 e. The first-order valence-electron chi connectivity index (χ1n) is 6.80. The normalized spacial score (nSPS) is 11.5. The van der Waals surface area contributed by atoms with Crippen LogP contribution in [-0.2, 0) is 9.84 Å². The number of carbonyl (C=O) groups excluding carboxylic acids is 1. The molecule has 2 aromatic rings. The van der Waals surface area contributed by atoms with Crippen LogP contribution < -0.4 is 0 Å². The second-order valence-corrected chi connectivity index (χ2v) is 10.4. The molecule has 0 amide bonds. The number of rotatable bonds is 3. The molecule has 0 aromatic heterocycles. The molecule has 0 atom stereocenters. The van der Waals surface area contributed by atoms with Crippen LogP contribution in [0.25, 0.3) is 0 Å². The zero-order valence-corrected chi connectivity index (χ0v) is 16.3. The van der Waals surface area contributed by atoms with Crippen LogP contribution in [0.5, 0.6) is 0 Å². The van der Waals surface area contributed by atoms with Crippen molar-refractivity contribution in [1.82, 2.24) is 0 Å². The lowest BCUT2D eigenvalue weighted by Crippen LogP contribution is -2.25. The van der Waals surface area contributed by atoms with E-state index >= 15 is 0 Å². The molecule has 0 aliphatic rings. The first-order valence-corrected chi connectivity index (χ1v) is 11.1. The second-order valence-electron chi connectivity index (χ2n) is 5.26. The maximum absolute atomic E-state index is 12.9. The van der Waals surface area contributed by atoms with E-state index in [2.05, 4.69) is 15.9 Å². The van der Waals surface area contributed by atoms with Crippen molar-refractivity contribution in [3.8, 4) is 0 Å². The van der Waals surface area contributed by atoms with E-state index in [1.165, 1.54) is 0 Å². The maximum atomic E-state index is 12.9. The summed E-state index contributed by atoms with van der Waals surface area (Å²) in [5.74, 6) is -0.439. The van der Waals surface area contributed by atoms with E-state index < -0.39 is 26.1 Å². The van der Waals surface area contributed by atoms with Crippen LogP contribution in [0.3, 0.4) is 0 Å². The average Bonchev–Trinajstić information content (AvgIpc) is 2.47. The Bertz CT molecular complexity index is 861. The second kappa shape index (κ2) is 7.11. The summed E-state index contributed by atoms with van der Waals surface area (Å²) in [5.41, 5.74) is 1.34. The quantitative estimate of drug-likeness (QED) is 0.563. The first kappa shape index (κ1) is 18.1. The molecule has 2 aromatic carbocycles. The number of aryl methyl sites for hydroxylation is 1. The lowest BCUT2D eigenvalue weighted by molar-refractivity contribution is 0.107. The van der Waals surface area contributed by atoms with E-state index in [-0.39, 0.29) is 9.09 Å². The molecule has 6 heteroatoms. The van der Waals surface area contributed by atoms with Crippen molar-refractivity contribution >= 4 is 46.2 Å². The minimum atomic E-state index is -3.81. The molecule has 0 aliphatic carbocycles. The molecule has 0 heterocycles. The summed E-state index contributed by atoms with van der Waals surface area (Å²) in [6.45, 7) is 1.89. The molecular weight excluding hydrogens is 396 g/mol. The predicted octanol–water partition coefficient (Wildman–Crippen LogP) is 4.07. The molecule has 0 spiro atoms. The van der Waals surface area contributed by atoms with Crippen molar-refractivity contribution in [2.75, 3.05) is 12.5 Å². The van der Waals surface area contributed by atoms with Gasteiger partial charge in [-0.2, -0.15) is 10.5 Å². The van der Waals surface area contributed by atoms with Crippen LogP contribution in [0, 0.1) is 6.92 Å². The third kappa shape index (κ3) is 4.00. The number of Topliss-reactive ketones (excluding diaryl/α,β-unsaturated/α-hetero) is 1. The van der Waals surface area contributed by atoms with E-state index in [9.17, 15) is 13.2 Å². The van der Waals surface area contributed by atoms with Gasteiger partial charge in [-0.1, -0.05) is 33.6 Å². The van der Waals surface area contributed by atoms with Crippen molar-refractivity contribution in [1.29, 1.82) is 0 Å². The van der Waals surface area contributed by atoms with Crippen LogP contribution in [0.4, 0.5) is 0 Å². The van der Waals surface area contributed by atoms with Gasteiger partial charge in [-0.05, 0) is 55.8 Å². The summed E-state index contributed by atoms with van der Waals surface area (Å²) in [6, 6.07) is 13.3.